The minimum absolute atomic E-state index is 0.0355. The molecule has 1 aromatic heterocycles. The molecule has 1 saturated heterocycles. The first-order chi connectivity index (χ1) is 11.7. The highest BCUT2D eigenvalue weighted by molar-refractivity contribution is 9.10. The first-order valence-electron chi connectivity index (χ1n) is 7.82. The van der Waals surface area contributed by atoms with Gasteiger partial charge in [0.1, 0.15) is 11.0 Å². The maximum absolute atomic E-state index is 12.8. The number of para-hydroxylation sites is 1. The molecular formula is C17H16BrN5O. The maximum atomic E-state index is 12.8. The fourth-order valence-corrected chi connectivity index (χ4v) is 3.56. The molecule has 2 aromatic carbocycles. The number of nitrogens with zero attached hydrogens (tertiary/aromatic N) is 4. The third-order valence-corrected chi connectivity index (χ3v) is 4.92. The predicted octanol–water partition coefficient (Wildman–Crippen LogP) is 2.68. The van der Waals surface area contributed by atoms with Crippen molar-refractivity contribution in [3.05, 3.63) is 52.5 Å². The van der Waals surface area contributed by atoms with Gasteiger partial charge in [-0.1, -0.05) is 18.2 Å². The van der Waals surface area contributed by atoms with Crippen LogP contribution in [0.5, 0.6) is 0 Å². The van der Waals surface area contributed by atoms with Gasteiger partial charge in [0.05, 0.1) is 0 Å². The molecule has 0 bridgehead atoms. The largest absolute Gasteiger partial charge is 0.368 e. The second-order valence-electron chi connectivity index (χ2n) is 5.76. The molecular weight excluding hydrogens is 370 g/mol. The Morgan fingerprint density at radius 3 is 2.54 bits per heavy atom. The molecule has 1 aliphatic rings. The normalized spacial score (nSPS) is 15.0. The van der Waals surface area contributed by atoms with Crippen LogP contribution in [0.4, 0.5) is 5.69 Å². The molecule has 7 heteroatoms. The number of nitrogens with one attached hydrogen (secondary N) is 1. The SMILES string of the molecule is O=C(c1cc(Br)c2n[nH]nc2c1)N1CCN(c2ccccc2)CC1. The molecule has 4 rings (SSSR count). The predicted molar refractivity (Wildman–Crippen MR) is 96.1 cm³/mol. The number of fused-ring (bicyclic) bond motifs is 1. The molecule has 24 heavy (non-hydrogen) atoms. The van der Waals surface area contributed by atoms with Crippen LogP contribution in [-0.2, 0) is 0 Å². The Labute approximate surface area is 147 Å². The van der Waals surface area contributed by atoms with Gasteiger partial charge in [0.15, 0.2) is 0 Å². The van der Waals surface area contributed by atoms with Crippen LogP contribution in [0.15, 0.2) is 46.9 Å². The molecule has 1 amide bonds. The van der Waals surface area contributed by atoms with Gasteiger partial charge in [-0.2, -0.15) is 15.4 Å². The Bertz CT molecular complexity index is 871. The molecule has 1 N–H and O–H groups in total. The average molecular weight is 386 g/mol. The number of piperazine rings is 1. The van der Waals surface area contributed by atoms with E-state index in [9.17, 15) is 4.79 Å². The Morgan fingerprint density at radius 2 is 1.79 bits per heavy atom. The summed E-state index contributed by atoms with van der Waals surface area (Å²) in [6, 6.07) is 13.9. The van der Waals surface area contributed by atoms with Gasteiger partial charge in [-0.15, -0.1) is 0 Å². The summed E-state index contributed by atoms with van der Waals surface area (Å²) in [7, 11) is 0. The molecule has 0 aliphatic carbocycles. The van der Waals surface area contributed by atoms with Crippen LogP contribution >= 0.6 is 15.9 Å². The summed E-state index contributed by atoms with van der Waals surface area (Å²) in [6.45, 7) is 3.09. The molecule has 0 unspecified atom stereocenters. The van der Waals surface area contributed by atoms with Crippen LogP contribution in [-0.4, -0.2) is 52.4 Å². The lowest BCUT2D eigenvalue weighted by molar-refractivity contribution is 0.0747. The summed E-state index contributed by atoms with van der Waals surface area (Å²) in [5.41, 5.74) is 3.27. The average Bonchev–Trinajstić information content (AvgIpc) is 3.11. The van der Waals surface area contributed by atoms with Crippen molar-refractivity contribution in [3.8, 4) is 0 Å². The number of hydrogen-bond donors (Lipinski definition) is 1. The molecule has 0 spiro atoms. The molecule has 1 aliphatic heterocycles. The van der Waals surface area contributed by atoms with Gasteiger partial charge < -0.3 is 9.80 Å². The van der Waals surface area contributed by atoms with Crippen LogP contribution in [0, 0.1) is 0 Å². The van der Waals surface area contributed by atoms with Gasteiger partial charge in [-0.05, 0) is 40.2 Å². The summed E-state index contributed by atoms with van der Waals surface area (Å²) >= 11 is 3.46. The highest BCUT2D eigenvalue weighted by atomic mass is 79.9. The number of carbonyl (C=O) groups excluding carboxylic acids is 1. The number of hydrogen-bond acceptors (Lipinski definition) is 4. The third-order valence-electron chi connectivity index (χ3n) is 4.31. The van der Waals surface area contributed by atoms with Gasteiger partial charge in [0.25, 0.3) is 5.91 Å². The van der Waals surface area contributed by atoms with Gasteiger partial charge in [0, 0.05) is 41.9 Å². The first kappa shape index (κ1) is 15.1. The fourth-order valence-electron chi connectivity index (χ4n) is 3.02. The van der Waals surface area contributed by atoms with Crippen molar-refractivity contribution < 1.29 is 4.79 Å². The number of amides is 1. The number of aromatic amines is 1. The zero-order chi connectivity index (χ0) is 16.5. The Balaban J connectivity index is 1.49. The van der Waals surface area contributed by atoms with Crippen molar-refractivity contribution in [1.29, 1.82) is 0 Å². The van der Waals surface area contributed by atoms with Crippen LogP contribution in [0.2, 0.25) is 0 Å². The number of aromatic nitrogens is 3. The van der Waals surface area contributed by atoms with Gasteiger partial charge in [-0.25, -0.2) is 0 Å². The summed E-state index contributed by atoms with van der Waals surface area (Å²) in [4.78, 5) is 17.0. The van der Waals surface area contributed by atoms with Gasteiger partial charge >= 0.3 is 0 Å². The van der Waals surface area contributed by atoms with Crippen molar-refractivity contribution in [2.24, 2.45) is 0 Å². The number of H-pyrrole nitrogens is 1. The number of benzene rings is 2. The maximum Gasteiger partial charge on any atom is 0.254 e. The summed E-state index contributed by atoms with van der Waals surface area (Å²) in [5, 5.41) is 10.7. The van der Waals surface area contributed by atoms with Gasteiger partial charge in [0.2, 0.25) is 0 Å². The zero-order valence-corrected chi connectivity index (χ0v) is 14.5. The van der Waals surface area contributed by atoms with E-state index in [1.165, 1.54) is 5.69 Å². The van der Waals surface area contributed by atoms with E-state index in [1.807, 2.05) is 29.2 Å². The van der Waals surface area contributed by atoms with E-state index >= 15 is 0 Å². The van der Waals surface area contributed by atoms with Crippen LogP contribution in [0.3, 0.4) is 0 Å². The molecule has 0 radical (unpaired) electrons. The van der Waals surface area contributed by atoms with Crippen LogP contribution < -0.4 is 4.90 Å². The number of rotatable bonds is 2. The molecule has 3 aromatic rings. The van der Waals surface area contributed by atoms with E-state index in [4.69, 9.17) is 0 Å². The Kier molecular flexibility index (Phi) is 3.93. The molecule has 1 fully saturated rings. The Morgan fingerprint density at radius 1 is 1.04 bits per heavy atom. The van der Waals surface area contributed by atoms with Gasteiger partial charge in [-0.3, -0.25) is 4.79 Å². The van der Waals surface area contributed by atoms with E-state index in [-0.39, 0.29) is 5.91 Å². The highest BCUT2D eigenvalue weighted by Gasteiger charge is 2.23. The number of carbonyl (C=O) groups is 1. The standard InChI is InChI=1S/C17H16BrN5O/c18-14-10-12(11-15-16(14)20-21-19-15)17(24)23-8-6-22(7-9-23)13-4-2-1-3-5-13/h1-5,10-11H,6-9H2,(H,19,20,21). The lowest BCUT2D eigenvalue weighted by Gasteiger charge is -2.36. The zero-order valence-electron chi connectivity index (χ0n) is 12.9. The first-order valence-corrected chi connectivity index (χ1v) is 8.61. The Hall–Kier alpha value is -2.41. The minimum atomic E-state index is 0.0355. The molecule has 0 saturated carbocycles. The van der Waals surface area contributed by atoms with Crippen molar-refractivity contribution in [3.63, 3.8) is 0 Å². The number of anilines is 1. The van der Waals surface area contributed by atoms with Crippen molar-refractivity contribution in [2.45, 2.75) is 0 Å². The van der Waals surface area contributed by atoms with E-state index in [0.717, 1.165) is 23.1 Å². The highest BCUT2D eigenvalue weighted by Crippen LogP contribution is 2.24. The van der Waals surface area contributed by atoms with E-state index in [0.29, 0.717) is 24.2 Å². The monoisotopic (exact) mass is 385 g/mol. The molecule has 0 atom stereocenters. The van der Waals surface area contributed by atoms with Crippen LogP contribution in [0.25, 0.3) is 11.0 Å². The third kappa shape index (κ3) is 2.75. The van der Waals surface area contributed by atoms with Crippen molar-refractivity contribution in [1.82, 2.24) is 20.3 Å². The number of halogens is 1. The quantitative estimate of drug-likeness (QED) is 0.736. The second-order valence-corrected chi connectivity index (χ2v) is 6.62. The molecule has 2 heterocycles. The minimum Gasteiger partial charge on any atom is -0.368 e. The van der Waals surface area contributed by atoms with Crippen molar-refractivity contribution in [2.75, 3.05) is 31.1 Å². The summed E-state index contributed by atoms with van der Waals surface area (Å²) in [5.74, 6) is 0.0355. The van der Waals surface area contributed by atoms with E-state index in [1.54, 1.807) is 6.07 Å². The van der Waals surface area contributed by atoms with Crippen LogP contribution in [0.1, 0.15) is 10.4 Å². The molecule has 6 nitrogen and oxygen atoms in total. The summed E-state index contributed by atoms with van der Waals surface area (Å²) in [6.07, 6.45) is 0. The summed E-state index contributed by atoms with van der Waals surface area (Å²) < 4.78 is 0.778. The smallest absolute Gasteiger partial charge is 0.254 e. The lowest BCUT2D eigenvalue weighted by Crippen LogP contribution is -2.48. The van der Waals surface area contributed by atoms with Crippen molar-refractivity contribution >= 4 is 38.6 Å². The van der Waals surface area contributed by atoms with E-state index in [2.05, 4.69) is 48.4 Å². The second kappa shape index (κ2) is 6.24. The molecule has 122 valence electrons. The fraction of sp³-hybridized carbons (Fsp3) is 0.235. The topological polar surface area (TPSA) is 65.1 Å². The van der Waals surface area contributed by atoms with E-state index < -0.39 is 0 Å². The lowest BCUT2D eigenvalue weighted by atomic mass is 10.1.